The molecule has 466 valence electrons. The summed E-state index contributed by atoms with van der Waals surface area (Å²) in [5, 5.41) is 20.4. The van der Waals surface area contributed by atoms with E-state index in [2.05, 4.69) is 99.8 Å². The van der Waals surface area contributed by atoms with Crippen molar-refractivity contribution in [2.45, 2.75) is 245 Å². The second-order valence-electron chi connectivity index (χ2n) is 20.1. The minimum Gasteiger partial charge on any atom is -0.463 e. The number of hydrogen-bond donors (Lipinski definition) is 4. The molecule has 18 heteroatoms. The van der Waals surface area contributed by atoms with Crippen LogP contribution in [0.4, 0.5) is 0 Å². The number of esters is 3. The molecule has 0 saturated carbocycles. The maximum absolute atomic E-state index is 12.8. The number of hydrogen-bond acceptors (Lipinski definition) is 14. The Morgan fingerprint density at radius 2 is 0.679 bits per heavy atom. The number of phosphoric ester groups is 2. The highest BCUT2D eigenvalue weighted by Crippen LogP contribution is 2.45. The summed E-state index contributed by atoms with van der Waals surface area (Å²) in [6, 6.07) is 0. The van der Waals surface area contributed by atoms with E-state index in [0.717, 1.165) is 103 Å². The van der Waals surface area contributed by atoms with Crippen LogP contribution in [0.2, 0.25) is 0 Å². The Balaban J connectivity index is 4.69. The van der Waals surface area contributed by atoms with Crippen molar-refractivity contribution in [3.63, 3.8) is 0 Å². The van der Waals surface area contributed by atoms with Crippen LogP contribution in [0, 0.1) is 0 Å². The molecule has 0 aromatic rings. The summed E-state index contributed by atoms with van der Waals surface area (Å²) in [5.74, 6) is -1.68. The van der Waals surface area contributed by atoms with Gasteiger partial charge in [-0.2, -0.15) is 0 Å². The quantitative estimate of drug-likeness (QED) is 0.0146. The number of unbranched alkanes of at least 4 members (excludes halogenated alkanes) is 18. The summed E-state index contributed by atoms with van der Waals surface area (Å²) in [7, 11) is -9.78. The van der Waals surface area contributed by atoms with E-state index in [0.29, 0.717) is 25.7 Å². The van der Waals surface area contributed by atoms with Crippen molar-refractivity contribution >= 4 is 33.6 Å². The average molecular weight is 1180 g/mol. The first-order chi connectivity index (χ1) is 39.2. The van der Waals surface area contributed by atoms with E-state index >= 15 is 0 Å². The number of rotatable bonds is 57. The maximum Gasteiger partial charge on any atom is 0.472 e. The topological polar surface area (TPSA) is 231 Å². The van der Waals surface area contributed by atoms with E-state index in [1.165, 1.54) is 57.8 Å². The predicted molar refractivity (Wildman–Crippen MR) is 325 cm³/mol. The largest absolute Gasteiger partial charge is 0.472 e. The number of carbonyl (C=O) groups excluding carboxylic acids is 3. The first kappa shape index (κ1) is 77.5. The van der Waals surface area contributed by atoms with E-state index in [9.17, 15) is 43.5 Å². The number of carbonyl (C=O) groups is 3. The lowest BCUT2D eigenvalue weighted by molar-refractivity contribution is -0.161. The van der Waals surface area contributed by atoms with Gasteiger partial charge in [0.15, 0.2) is 6.10 Å². The summed E-state index contributed by atoms with van der Waals surface area (Å²) < 4.78 is 60.5. The lowest BCUT2D eigenvalue weighted by Crippen LogP contribution is -2.30. The van der Waals surface area contributed by atoms with Gasteiger partial charge >= 0.3 is 33.6 Å². The summed E-state index contributed by atoms with van der Waals surface area (Å²) in [6.07, 6.45) is 59.2. The van der Waals surface area contributed by atoms with E-state index in [-0.39, 0.29) is 19.3 Å². The number of ether oxygens (including phenoxy) is 3. The molecule has 0 fully saturated rings. The summed E-state index contributed by atoms with van der Waals surface area (Å²) in [6.45, 7) is 2.38. The van der Waals surface area contributed by atoms with Crippen LogP contribution < -0.4 is 0 Å². The maximum atomic E-state index is 12.8. The van der Waals surface area contributed by atoms with Gasteiger partial charge in [-0.05, 0) is 89.9 Å². The van der Waals surface area contributed by atoms with Crippen molar-refractivity contribution in [1.82, 2.24) is 0 Å². The van der Waals surface area contributed by atoms with Crippen LogP contribution in [0.3, 0.4) is 0 Å². The van der Waals surface area contributed by atoms with E-state index in [4.69, 9.17) is 32.3 Å². The summed E-state index contributed by atoms with van der Waals surface area (Å²) in [5.41, 5.74) is 0. The fraction of sp³-hybridized carbons (Fsp3) is 0.698. The predicted octanol–water partition coefficient (Wildman–Crippen LogP) is 16.0. The molecule has 0 aliphatic carbocycles. The summed E-state index contributed by atoms with van der Waals surface area (Å²) in [4.78, 5) is 58.0. The molecule has 0 spiro atoms. The van der Waals surface area contributed by atoms with Gasteiger partial charge in [-0.25, -0.2) is 9.13 Å². The van der Waals surface area contributed by atoms with Crippen LogP contribution in [0.5, 0.6) is 0 Å². The molecule has 0 heterocycles. The molecule has 0 radical (unpaired) electrons. The molecule has 0 bridgehead atoms. The van der Waals surface area contributed by atoms with Gasteiger partial charge in [0.05, 0.1) is 26.4 Å². The minimum absolute atomic E-state index is 0.0590. The van der Waals surface area contributed by atoms with Crippen LogP contribution in [-0.2, 0) is 55.8 Å². The van der Waals surface area contributed by atoms with Crippen LogP contribution >= 0.6 is 15.6 Å². The molecule has 0 aromatic carbocycles. The third-order valence-electron chi connectivity index (χ3n) is 12.3. The van der Waals surface area contributed by atoms with E-state index < -0.39 is 91.5 Å². The van der Waals surface area contributed by atoms with E-state index in [1.807, 2.05) is 18.2 Å². The third-order valence-corrected chi connectivity index (χ3v) is 14.2. The zero-order chi connectivity index (χ0) is 59.6. The second-order valence-corrected chi connectivity index (χ2v) is 23.0. The van der Waals surface area contributed by atoms with Gasteiger partial charge in [0.1, 0.15) is 25.4 Å². The molecule has 0 saturated heterocycles. The zero-order valence-electron chi connectivity index (χ0n) is 49.9. The first-order valence-electron chi connectivity index (χ1n) is 30.5. The van der Waals surface area contributed by atoms with Crippen molar-refractivity contribution in [2.24, 2.45) is 0 Å². The van der Waals surface area contributed by atoms with Crippen LogP contribution in [0.25, 0.3) is 0 Å². The lowest BCUT2D eigenvalue weighted by atomic mass is 10.1. The normalized spacial score (nSPS) is 15.1. The van der Waals surface area contributed by atoms with Gasteiger partial charge in [0.2, 0.25) is 0 Å². The average Bonchev–Trinajstić information content (AvgIpc) is 3.44. The fourth-order valence-electron chi connectivity index (χ4n) is 7.62. The van der Waals surface area contributed by atoms with Crippen molar-refractivity contribution in [2.75, 3.05) is 39.6 Å². The van der Waals surface area contributed by atoms with Gasteiger partial charge in [-0.3, -0.25) is 32.5 Å². The highest BCUT2D eigenvalue weighted by atomic mass is 31.2. The molecule has 0 rings (SSSR count). The Morgan fingerprint density at radius 1 is 0.358 bits per heavy atom. The molecule has 4 N–H and O–H groups in total. The molecule has 5 unspecified atom stereocenters. The molecular formula is C63H108O16P2. The summed E-state index contributed by atoms with van der Waals surface area (Å²) >= 11 is 0. The number of allylic oxidation sites excluding steroid dienone is 16. The van der Waals surface area contributed by atoms with Gasteiger partial charge in [0, 0.05) is 19.3 Å². The molecule has 0 aliphatic rings. The molecule has 0 amide bonds. The Hall–Kier alpha value is -3.53. The number of phosphoric acid groups is 2. The fourth-order valence-corrected chi connectivity index (χ4v) is 9.21. The molecule has 16 nitrogen and oxygen atoms in total. The SMILES string of the molecule is CC/C=C\C/C=C\C/C=C\C/C=C\C/C=C\C/C=C\CCC(=O)OCC(O)COP(=O)(O)OCC(O)COP(=O)(O)OCC(COC(=O)CCCCCCC/C=C\C/C=C\CCCCC)OC(=O)CCCCCCCCCCCCC. The van der Waals surface area contributed by atoms with E-state index in [1.54, 1.807) is 0 Å². The minimum atomic E-state index is -4.92. The number of aliphatic hydroxyl groups is 2. The Morgan fingerprint density at radius 3 is 1.14 bits per heavy atom. The van der Waals surface area contributed by atoms with Gasteiger partial charge in [0.25, 0.3) is 0 Å². The highest BCUT2D eigenvalue weighted by Gasteiger charge is 2.29. The van der Waals surface area contributed by atoms with Gasteiger partial charge < -0.3 is 34.2 Å². The monoisotopic (exact) mass is 1180 g/mol. The third kappa shape index (κ3) is 58.1. The smallest absolute Gasteiger partial charge is 0.463 e. The Bertz CT molecular complexity index is 1870. The first-order valence-corrected chi connectivity index (χ1v) is 33.5. The molecule has 0 aliphatic heterocycles. The lowest BCUT2D eigenvalue weighted by Gasteiger charge is -2.21. The van der Waals surface area contributed by atoms with Crippen molar-refractivity contribution in [1.29, 1.82) is 0 Å². The van der Waals surface area contributed by atoms with Gasteiger partial charge in [-0.1, -0.05) is 214 Å². The van der Waals surface area contributed by atoms with Crippen LogP contribution in [-0.4, -0.2) is 95.9 Å². The highest BCUT2D eigenvalue weighted by molar-refractivity contribution is 7.47. The van der Waals surface area contributed by atoms with Crippen molar-refractivity contribution in [3.8, 4) is 0 Å². The number of aliphatic hydroxyl groups excluding tert-OH is 2. The van der Waals surface area contributed by atoms with Crippen LogP contribution in [0.1, 0.15) is 226 Å². The van der Waals surface area contributed by atoms with Crippen molar-refractivity contribution in [3.05, 3.63) is 97.2 Å². The Kier molecular flexibility index (Phi) is 54.4. The Labute approximate surface area is 488 Å². The molecular weight excluding hydrogens is 1070 g/mol. The standard InChI is InChI=1S/C63H108O16P2/c1-4-7-10-13-16-19-22-24-26-27-28-29-31-33-35-37-40-43-46-49-61(66)73-52-58(64)53-75-80(69,70)76-54-59(65)55-77-81(71,72)78-57-60(79-63(68)51-48-45-42-39-34-21-18-15-12-9-6-3)56-74-62(67)50-47-44-41-38-36-32-30-25-23-20-17-14-11-8-5-2/h7,10,16-17,19-20,24-26,28-30,33,35,40,43,58-60,64-65H,4-6,8-9,11-15,18,21-23,27,31-32,34,36-39,41-42,44-57H2,1-3H3,(H,69,70)(H,71,72)/b10-7-,19-16-,20-17-,26-24-,29-28-,30-25-,35-33-,43-40-. The van der Waals surface area contributed by atoms with Crippen LogP contribution in [0.15, 0.2) is 97.2 Å². The second kappa shape index (κ2) is 56.9. The van der Waals surface area contributed by atoms with Gasteiger partial charge in [-0.15, -0.1) is 0 Å². The van der Waals surface area contributed by atoms with Crippen molar-refractivity contribution < 1.29 is 75.8 Å². The molecule has 5 atom stereocenters. The zero-order valence-corrected chi connectivity index (χ0v) is 51.7. The molecule has 0 aromatic heterocycles. The molecule has 81 heavy (non-hydrogen) atoms.